The van der Waals surface area contributed by atoms with Crippen LogP contribution in [0.2, 0.25) is 0 Å². The van der Waals surface area contributed by atoms with Crippen LogP contribution < -0.4 is 5.32 Å². The molecule has 2 heteroatoms. The van der Waals surface area contributed by atoms with Crippen molar-refractivity contribution in [2.45, 2.75) is 20.0 Å². The number of nitrogens with one attached hydrogen (secondary N) is 1. The molecule has 0 aliphatic heterocycles. The molecule has 0 saturated heterocycles. The Hall–Kier alpha value is -0.860. The van der Waals surface area contributed by atoms with Gasteiger partial charge in [-0.1, -0.05) is 36.8 Å². The van der Waals surface area contributed by atoms with Crippen molar-refractivity contribution in [2.75, 3.05) is 13.1 Å². The SMILES string of the molecule is CCNC[C@H](O)c1ccc(C)cc1. The second-order valence-electron chi connectivity index (χ2n) is 3.23. The molecule has 0 aliphatic rings. The van der Waals surface area contributed by atoms with E-state index in [0.29, 0.717) is 6.54 Å². The maximum Gasteiger partial charge on any atom is 0.0914 e. The Morgan fingerprint density at radius 3 is 2.46 bits per heavy atom. The van der Waals surface area contributed by atoms with E-state index >= 15 is 0 Å². The Morgan fingerprint density at radius 1 is 1.31 bits per heavy atom. The maximum absolute atomic E-state index is 9.68. The first-order chi connectivity index (χ1) is 6.24. The van der Waals surface area contributed by atoms with Gasteiger partial charge in [-0.3, -0.25) is 0 Å². The largest absolute Gasteiger partial charge is 0.387 e. The molecule has 0 spiro atoms. The number of aryl methyl sites for hydroxylation is 1. The standard InChI is InChI=1S/C11H17NO/c1-3-12-8-11(13)10-6-4-9(2)5-7-10/h4-7,11-13H,3,8H2,1-2H3/t11-/m0/s1. The summed E-state index contributed by atoms with van der Waals surface area (Å²) < 4.78 is 0. The van der Waals surface area contributed by atoms with Crippen LogP contribution in [0, 0.1) is 6.92 Å². The van der Waals surface area contributed by atoms with Gasteiger partial charge < -0.3 is 10.4 Å². The number of benzene rings is 1. The van der Waals surface area contributed by atoms with Crippen LogP contribution >= 0.6 is 0 Å². The third-order valence-electron chi connectivity index (χ3n) is 2.05. The predicted molar refractivity (Wildman–Crippen MR) is 54.7 cm³/mol. The summed E-state index contributed by atoms with van der Waals surface area (Å²) in [5.74, 6) is 0. The molecule has 0 radical (unpaired) electrons. The molecule has 1 aromatic carbocycles. The number of aliphatic hydroxyl groups excluding tert-OH is 1. The van der Waals surface area contributed by atoms with Gasteiger partial charge in [0.1, 0.15) is 0 Å². The van der Waals surface area contributed by atoms with Crippen LogP contribution in [0.5, 0.6) is 0 Å². The fraction of sp³-hybridized carbons (Fsp3) is 0.455. The lowest BCUT2D eigenvalue weighted by Crippen LogP contribution is -2.20. The number of likely N-dealkylation sites (N-methyl/N-ethyl adjacent to an activating group) is 1. The molecule has 1 atom stereocenters. The molecule has 0 fully saturated rings. The highest BCUT2D eigenvalue weighted by molar-refractivity contribution is 5.23. The minimum absolute atomic E-state index is 0.388. The molecule has 2 nitrogen and oxygen atoms in total. The van der Waals surface area contributed by atoms with Gasteiger partial charge >= 0.3 is 0 Å². The van der Waals surface area contributed by atoms with Crippen LogP contribution in [0.4, 0.5) is 0 Å². The highest BCUT2D eigenvalue weighted by atomic mass is 16.3. The minimum atomic E-state index is -0.388. The van der Waals surface area contributed by atoms with E-state index in [1.807, 2.05) is 38.1 Å². The van der Waals surface area contributed by atoms with Crippen molar-refractivity contribution in [1.29, 1.82) is 0 Å². The van der Waals surface area contributed by atoms with E-state index in [4.69, 9.17) is 0 Å². The number of hydrogen-bond donors (Lipinski definition) is 2. The highest BCUT2D eigenvalue weighted by Crippen LogP contribution is 2.12. The Labute approximate surface area is 79.6 Å². The summed E-state index contributed by atoms with van der Waals surface area (Å²) >= 11 is 0. The van der Waals surface area contributed by atoms with Gasteiger partial charge in [0, 0.05) is 6.54 Å². The molecule has 1 rings (SSSR count). The Morgan fingerprint density at radius 2 is 1.92 bits per heavy atom. The topological polar surface area (TPSA) is 32.3 Å². The van der Waals surface area contributed by atoms with Gasteiger partial charge in [0.15, 0.2) is 0 Å². The summed E-state index contributed by atoms with van der Waals surface area (Å²) in [6, 6.07) is 7.98. The molecule has 13 heavy (non-hydrogen) atoms. The van der Waals surface area contributed by atoms with Crippen molar-refractivity contribution < 1.29 is 5.11 Å². The van der Waals surface area contributed by atoms with Crippen LogP contribution in [0.1, 0.15) is 24.2 Å². The first-order valence-electron chi connectivity index (χ1n) is 4.69. The lowest BCUT2D eigenvalue weighted by molar-refractivity contribution is 0.175. The van der Waals surface area contributed by atoms with Crippen LogP contribution in [0.15, 0.2) is 24.3 Å². The van der Waals surface area contributed by atoms with E-state index < -0.39 is 0 Å². The normalized spacial score (nSPS) is 12.8. The first-order valence-corrected chi connectivity index (χ1v) is 4.69. The number of rotatable bonds is 4. The first kappa shape index (κ1) is 10.2. The smallest absolute Gasteiger partial charge is 0.0914 e. The molecule has 0 aliphatic carbocycles. The Bertz CT molecular complexity index is 243. The molecule has 0 bridgehead atoms. The predicted octanol–water partition coefficient (Wildman–Crippen LogP) is 1.64. The van der Waals surface area contributed by atoms with Gasteiger partial charge in [-0.2, -0.15) is 0 Å². The van der Waals surface area contributed by atoms with E-state index in [1.54, 1.807) is 0 Å². The van der Waals surface area contributed by atoms with Crippen molar-refractivity contribution in [3.8, 4) is 0 Å². The second kappa shape index (κ2) is 5.00. The van der Waals surface area contributed by atoms with E-state index in [1.165, 1.54) is 5.56 Å². The van der Waals surface area contributed by atoms with Gasteiger partial charge in [0.05, 0.1) is 6.10 Å². The lowest BCUT2D eigenvalue weighted by atomic mass is 10.1. The quantitative estimate of drug-likeness (QED) is 0.736. The fourth-order valence-electron chi connectivity index (χ4n) is 1.19. The van der Waals surface area contributed by atoms with Gasteiger partial charge in [0.2, 0.25) is 0 Å². The van der Waals surface area contributed by atoms with Gasteiger partial charge in [-0.25, -0.2) is 0 Å². The summed E-state index contributed by atoms with van der Waals surface area (Å²) in [5.41, 5.74) is 2.20. The fourth-order valence-corrected chi connectivity index (χ4v) is 1.19. The summed E-state index contributed by atoms with van der Waals surface area (Å²) in [6.07, 6.45) is -0.388. The summed E-state index contributed by atoms with van der Waals surface area (Å²) in [5, 5.41) is 12.8. The average Bonchev–Trinajstić information content (AvgIpc) is 2.15. The van der Waals surface area contributed by atoms with Crippen LogP contribution in [-0.4, -0.2) is 18.2 Å². The van der Waals surface area contributed by atoms with Crippen molar-refractivity contribution >= 4 is 0 Å². The Kier molecular flexibility index (Phi) is 3.93. The average molecular weight is 179 g/mol. The highest BCUT2D eigenvalue weighted by Gasteiger charge is 2.04. The zero-order valence-electron chi connectivity index (χ0n) is 8.25. The van der Waals surface area contributed by atoms with Crippen molar-refractivity contribution in [3.63, 3.8) is 0 Å². The van der Waals surface area contributed by atoms with Gasteiger partial charge in [-0.05, 0) is 19.0 Å². The molecule has 0 heterocycles. The third-order valence-corrected chi connectivity index (χ3v) is 2.05. The molecule has 0 aromatic heterocycles. The molecule has 0 amide bonds. The van der Waals surface area contributed by atoms with Gasteiger partial charge in [0.25, 0.3) is 0 Å². The molecule has 72 valence electrons. The summed E-state index contributed by atoms with van der Waals surface area (Å²) in [4.78, 5) is 0. The zero-order chi connectivity index (χ0) is 9.68. The molecule has 1 aromatic rings. The Balaban J connectivity index is 2.55. The van der Waals surface area contributed by atoms with Crippen molar-refractivity contribution in [1.82, 2.24) is 5.32 Å². The van der Waals surface area contributed by atoms with E-state index in [2.05, 4.69) is 5.32 Å². The monoisotopic (exact) mass is 179 g/mol. The van der Waals surface area contributed by atoms with E-state index in [9.17, 15) is 5.11 Å². The minimum Gasteiger partial charge on any atom is -0.387 e. The zero-order valence-corrected chi connectivity index (χ0v) is 8.25. The van der Waals surface area contributed by atoms with Crippen LogP contribution in [-0.2, 0) is 0 Å². The molecule has 0 saturated carbocycles. The summed E-state index contributed by atoms with van der Waals surface area (Å²) in [6.45, 7) is 5.59. The van der Waals surface area contributed by atoms with Crippen LogP contribution in [0.25, 0.3) is 0 Å². The summed E-state index contributed by atoms with van der Waals surface area (Å²) in [7, 11) is 0. The lowest BCUT2D eigenvalue weighted by Gasteiger charge is -2.11. The maximum atomic E-state index is 9.68. The van der Waals surface area contributed by atoms with Crippen LogP contribution in [0.3, 0.4) is 0 Å². The van der Waals surface area contributed by atoms with E-state index in [-0.39, 0.29) is 6.10 Å². The molecule has 2 N–H and O–H groups in total. The third kappa shape index (κ3) is 3.17. The van der Waals surface area contributed by atoms with Gasteiger partial charge in [-0.15, -0.1) is 0 Å². The second-order valence-corrected chi connectivity index (χ2v) is 3.23. The molecular formula is C11H17NO. The number of hydrogen-bond acceptors (Lipinski definition) is 2. The molecular weight excluding hydrogens is 162 g/mol. The van der Waals surface area contributed by atoms with Crippen molar-refractivity contribution in [3.05, 3.63) is 35.4 Å². The number of aliphatic hydroxyl groups is 1. The van der Waals surface area contributed by atoms with Crippen molar-refractivity contribution in [2.24, 2.45) is 0 Å². The molecule has 0 unspecified atom stereocenters. The van der Waals surface area contributed by atoms with E-state index in [0.717, 1.165) is 12.1 Å².